The predicted octanol–water partition coefficient (Wildman–Crippen LogP) is 12.1. The number of nitrogens with zero attached hydrogens (tertiary/aromatic N) is 1. The van der Waals surface area contributed by atoms with Gasteiger partial charge in [0.15, 0.2) is 0 Å². The second kappa shape index (κ2) is 43.5. The maximum Gasteiger partial charge on any atom is 0.146 e. The Kier molecular flexibility index (Phi) is 47.3. The molecule has 0 N–H and O–H groups in total. The van der Waals surface area contributed by atoms with Crippen molar-refractivity contribution in [1.82, 2.24) is 4.90 Å². The van der Waals surface area contributed by atoms with Gasteiger partial charge in [-0.1, -0.05) is 144 Å². The van der Waals surface area contributed by atoms with E-state index in [1.165, 1.54) is 167 Å². The van der Waals surface area contributed by atoms with Gasteiger partial charge in [0.1, 0.15) is 13.6 Å². The van der Waals surface area contributed by atoms with Gasteiger partial charge >= 0.3 is 0 Å². The molecule has 1 unspecified atom stereocenters. The molecule has 5 nitrogen and oxygen atoms in total. The lowest BCUT2D eigenvalue weighted by Crippen LogP contribution is -2.30. The number of likely N-dealkylation sites (tertiary alicyclic amines) is 1. The topological polar surface area (TPSA) is 48.0 Å². The van der Waals surface area contributed by atoms with E-state index >= 15 is 0 Å². The van der Waals surface area contributed by atoms with Gasteiger partial charge in [-0.05, 0) is 76.9 Å². The van der Waals surface area contributed by atoms with Gasteiger partial charge in [0.05, 0.1) is 6.61 Å². The number of rotatable bonds is 30. The summed E-state index contributed by atoms with van der Waals surface area (Å²) in [5.41, 5.74) is 0. The average molecular weight is 644 g/mol. The second-order valence-corrected chi connectivity index (χ2v) is 13.3. The summed E-state index contributed by atoms with van der Waals surface area (Å²) in [4.78, 5) is 10.4. The standard InChI is InChI=1S/C20H42O2.C18H37NO.CH2O.CH4/c1-4-7-9-10-11-12-13-14-17-21-19-22-18-20(15-6-3)16-8-5-2;1-3-4-5-6-7-8-9-10-16-20-17-13-18-11-14-19(2)15-12-18;1-2;/h20H,4-19H2,1-3H3;18H,3-17H2,1-2H3;1H2;1H4. The summed E-state index contributed by atoms with van der Waals surface area (Å²) in [5.74, 6) is 1.65. The third kappa shape index (κ3) is 39.6. The van der Waals surface area contributed by atoms with Crippen molar-refractivity contribution >= 4 is 6.79 Å². The van der Waals surface area contributed by atoms with Gasteiger partial charge in [0.25, 0.3) is 0 Å². The molecule has 0 bridgehead atoms. The first-order valence-corrected chi connectivity index (χ1v) is 19.4. The Morgan fingerprint density at radius 2 is 1.04 bits per heavy atom. The van der Waals surface area contributed by atoms with Crippen molar-refractivity contribution in [3.63, 3.8) is 0 Å². The fraction of sp³-hybridized carbons (Fsp3) is 0.975. The minimum atomic E-state index is 0. The number of carbonyl (C=O) groups excluding carboxylic acids is 1. The van der Waals surface area contributed by atoms with E-state index in [4.69, 9.17) is 19.0 Å². The minimum absolute atomic E-state index is 0. The summed E-state index contributed by atoms with van der Waals surface area (Å²) in [7, 11) is 2.23. The SMILES string of the molecule is C.C=O.CCCCCCCCCCOCCC1CCN(C)CC1.CCCCCCCCCCOCOCC(CCC)CCCC. The molecule has 274 valence electrons. The monoisotopic (exact) mass is 644 g/mol. The molecule has 1 rings (SSSR count). The molecule has 0 aromatic heterocycles. The van der Waals surface area contributed by atoms with Crippen LogP contribution >= 0.6 is 0 Å². The van der Waals surface area contributed by atoms with Crippen LogP contribution in [0, 0.1) is 11.8 Å². The first kappa shape index (κ1) is 48.9. The number of piperidine rings is 1. The summed E-state index contributed by atoms with van der Waals surface area (Å²) >= 11 is 0. The lowest BCUT2D eigenvalue weighted by atomic mass is 9.94. The van der Waals surface area contributed by atoms with Crippen LogP contribution < -0.4 is 0 Å². The van der Waals surface area contributed by atoms with Crippen LogP contribution in [0.2, 0.25) is 0 Å². The number of unbranched alkanes of at least 4 members (excludes halogenated alkanes) is 15. The average Bonchev–Trinajstić information content (AvgIpc) is 3.05. The van der Waals surface area contributed by atoms with Crippen molar-refractivity contribution in [3.05, 3.63) is 0 Å². The van der Waals surface area contributed by atoms with Gasteiger partial charge in [0.2, 0.25) is 0 Å². The van der Waals surface area contributed by atoms with Gasteiger partial charge in [-0.25, -0.2) is 0 Å². The summed E-state index contributed by atoms with van der Waals surface area (Å²) in [6, 6.07) is 0. The maximum atomic E-state index is 8.00. The van der Waals surface area contributed by atoms with E-state index in [-0.39, 0.29) is 7.43 Å². The van der Waals surface area contributed by atoms with Crippen LogP contribution in [-0.2, 0) is 19.0 Å². The van der Waals surface area contributed by atoms with Crippen LogP contribution in [0.1, 0.15) is 189 Å². The molecule has 0 amide bonds. The summed E-state index contributed by atoms with van der Waals surface area (Å²) in [6.07, 6.45) is 32.4. The van der Waals surface area contributed by atoms with E-state index < -0.39 is 0 Å². The molecule has 0 aliphatic carbocycles. The van der Waals surface area contributed by atoms with Crippen LogP contribution in [-0.4, -0.2) is 65.0 Å². The zero-order valence-corrected chi connectivity index (χ0v) is 30.9. The summed E-state index contributed by atoms with van der Waals surface area (Å²) in [5, 5.41) is 0. The first-order chi connectivity index (χ1) is 21.7. The van der Waals surface area contributed by atoms with Gasteiger partial charge in [-0.2, -0.15) is 0 Å². The van der Waals surface area contributed by atoms with E-state index in [1.807, 2.05) is 6.79 Å². The Morgan fingerprint density at radius 3 is 1.53 bits per heavy atom. The van der Waals surface area contributed by atoms with Gasteiger partial charge in [0, 0.05) is 19.8 Å². The fourth-order valence-corrected chi connectivity index (χ4v) is 5.92. The molecule has 1 saturated heterocycles. The minimum Gasteiger partial charge on any atom is -0.381 e. The molecule has 1 heterocycles. The van der Waals surface area contributed by atoms with Crippen molar-refractivity contribution in [2.75, 3.05) is 53.4 Å². The third-order valence-corrected chi connectivity index (χ3v) is 8.98. The van der Waals surface area contributed by atoms with Crippen LogP contribution in [0.3, 0.4) is 0 Å². The Hall–Kier alpha value is -0.490. The largest absolute Gasteiger partial charge is 0.381 e. The van der Waals surface area contributed by atoms with E-state index in [0.29, 0.717) is 6.79 Å². The normalized spacial score (nSPS) is 14.2. The van der Waals surface area contributed by atoms with Crippen molar-refractivity contribution in [2.45, 2.75) is 189 Å². The van der Waals surface area contributed by atoms with Crippen molar-refractivity contribution in [2.24, 2.45) is 11.8 Å². The van der Waals surface area contributed by atoms with Gasteiger partial charge in [-0.3, -0.25) is 0 Å². The van der Waals surface area contributed by atoms with Crippen LogP contribution in [0.5, 0.6) is 0 Å². The van der Waals surface area contributed by atoms with Crippen LogP contribution in [0.25, 0.3) is 0 Å². The fourth-order valence-electron chi connectivity index (χ4n) is 5.92. The highest BCUT2D eigenvalue weighted by atomic mass is 16.7. The third-order valence-electron chi connectivity index (χ3n) is 8.98. The van der Waals surface area contributed by atoms with Gasteiger partial charge < -0.3 is 23.9 Å². The van der Waals surface area contributed by atoms with Crippen molar-refractivity contribution in [1.29, 1.82) is 0 Å². The maximum absolute atomic E-state index is 8.00. The molecule has 45 heavy (non-hydrogen) atoms. The molecule has 0 radical (unpaired) electrons. The molecule has 5 heteroatoms. The molecule has 0 aromatic carbocycles. The molecular formula is C40H85NO4. The molecule has 1 fully saturated rings. The predicted molar refractivity (Wildman–Crippen MR) is 199 cm³/mol. The Labute approximate surface area is 284 Å². The summed E-state index contributed by atoms with van der Waals surface area (Å²) in [6.45, 7) is 17.8. The van der Waals surface area contributed by atoms with Crippen LogP contribution in [0.15, 0.2) is 0 Å². The highest BCUT2D eigenvalue weighted by Crippen LogP contribution is 2.19. The lowest BCUT2D eigenvalue weighted by Gasteiger charge is -2.28. The highest BCUT2D eigenvalue weighted by molar-refractivity contribution is 5.11. The molecule has 1 aliphatic rings. The first-order valence-electron chi connectivity index (χ1n) is 19.4. The molecule has 0 saturated carbocycles. The van der Waals surface area contributed by atoms with Crippen LogP contribution in [0.4, 0.5) is 0 Å². The molecule has 0 spiro atoms. The lowest BCUT2D eigenvalue weighted by molar-refractivity contribution is -0.0980. The number of hydrogen-bond donors (Lipinski definition) is 0. The van der Waals surface area contributed by atoms with Crippen molar-refractivity contribution < 1.29 is 19.0 Å². The number of carbonyl (C=O) groups is 1. The summed E-state index contributed by atoms with van der Waals surface area (Å²) < 4.78 is 17.1. The van der Waals surface area contributed by atoms with E-state index in [0.717, 1.165) is 38.3 Å². The number of ether oxygens (including phenoxy) is 3. The molecule has 1 aliphatic heterocycles. The van der Waals surface area contributed by atoms with E-state index in [9.17, 15) is 0 Å². The van der Waals surface area contributed by atoms with E-state index in [1.54, 1.807) is 0 Å². The Morgan fingerprint density at radius 1 is 0.578 bits per heavy atom. The highest BCUT2D eigenvalue weighted by Gasteiger charge is 2.16. The van der Waals surface area contributed by atoms with Crippen molar-refractivity contribution in [3.8, 4) is 0 Å². The smallest absolute Gasteiger partial charge is 0.146 e. The number of hydrogen-bond acceptors (Lipinski definition) is 5. The zero-order chi connectivity index (χ0) is 32.8. The zero-order valence-electron chi connectivity index (χ0n) is 30.9. The molecular weight excluding hydrogens is 558 g/mol. The second-order valence-electron chi connectivity index (χ2n) is 13.3. The quantitative estimate of drug-likeness (QED) is 0.0576. The Balaban J connectivity index is -0.000000729. The molecule has 0 aromatic rings. The Bertz CT molecular complexity index is 499. The molecule has 1 atom stereocenters. The van der Waals surface area contributed by atoms with Gasteiger partial charge in [-0.15, -0.1) is 0 Å². The van der Waals surface area contributed by atoms with E-state index in [2.05, 4.69) is 39.6 Å².